The van der Waals surface area contributed by atoms with E-state index in [-0.39, 0.29) is 24.6 Å². The molecule has 7 heteroatoms. The molecule has 3 saturated carbocycles. The quantitative estimate of drug-likeness (QED) is 0.256. The molecule has 3 aliphatic rings. The largest absolute Gasteiger partial charge is 0.432 e. The van der Waals surface area contributed by atoms with Crippen LogP contribution in [0, 0.1) is 46.9 Å². The van der Waals surface area contributed by atoms with Crippen LogP contribution < -0.4 is 4.74 Å². The fourth-order valence-corrected chi connectivity index (χ4v) is 7.38. The van der Waals surface area contributed by atoms with E-state index in [1.165, 1.54) is 38.5 Å². The van der Waals surface area contributed by atoms with Gasteiger partial charge < -0.3 is 4.74 Å². The molecular weight excluding hydrogens is 514 g/mol. The lowest BCUT2D eigenvalue weighted by molar-refractivity contribution is -0.222. The van der Waals surface area contributed by atoms with Crippen molar-refractivity contribution in [2.24, 2.45) is 23.7 Å². The van der Waals surface area contributed by atoms with Crippen LogP contribution in [0.15, 0.2) is 30.3 Å². The molecule has 0 spiro atoms. The van der Waals surface area contributed by atoms with Gasteiger partial charge in [0.1, 0.15) is 11.6 Å². The molecule has 0 bridgehead atoms. The van der Waals surface area contributed by atoms with Crippen molar-refractivity contribution < 1.29 is 31.1 Å². The molecular formula is C32H38F6O. The predicted molar refractivity (Wildman–Crippen MR) is 139 cm³/mol. The van der Waals surface area contributed by atoms with Crippen LogP contribution in [-0.2, 0) is 0 Å². The lowest BCUT2D eigenvalue weighted by Gasteiger charge is -2.37. The van der Waals surface area contributed by atoms with Gasteiger partial charge in [-0.25, -0.2) is 17.6 Å². The Labute approximate surface area is 227 Å². The second kappa shape index (κ2) is 11.7. The lowest BCUT2D eigenvalue weighted by atomic mass is 9.68. The minimum absolute atomic E-state index is 0.0783. The van der Waals surface area contributed by atoms with Gasteiger partial charge in [-0.05, 0) is 111 Å². The van der Waals surface area contributed by atoms with Gasteiger partial charge in [0.15, 0.2) is 17.5 Å². The first-order chi connectivity index (χ1) is 18.6. The topological polar surface area (TPSA) is 9.23 Å². The van der Waals surface area contributed by atoms with Gasteiger partial charge in [0.05, 0.1) is 5.92 Å². The van der Waals surface area contributed by atoms with Crippen LogP contribution in [0.4, 0.5) is 26.3 Å². The summed E-state index contributed by atoms with van der Waals surface area (Å²) in [5.41, 5.74) is 1.61. The number of ether oxygens (including phenoxy) is 1. The number of halogens is 6. The zero-order valence-corrected chi connectivity index (χ0v) is 22.5. The normalized spacial score (nSPS) is 30.2. The lowest BCUT2D eigenvalue weighted by Crippen LogP contribution is -2.37. The van der Waals surface area contributed by atoms with E-state index in [0.717, 1.165) is 36.2 Å². The maximum Gasteiger partial charge on any atom is 0.400 e. The van der Waals surface area contributed by atoms with Crippen molar-refractivity contribution in [2.45, 2.75) is 102 Å². The van der Waals surface area contributed by atoms with Gasteiger partial charge in [-0.2, -0.15) is 8.78 Å². The van der Waals surface area contributed by atoms with E-state index in [9.17, 15) is 22.0 Å². The van der Waals surface area contributed by atoms with Crippen molar-refractivity contribution in [3.8, 4) is 5.75 Å². The Balaban J connectivity index is 1.14. The van der Waals surface area contributed by atoms with Crippen LogP contribution in [0.5, 0.6) is 5.75 Å². The molecule has 0 aliphatic heterocycles. The highest BCUT2D eigenvalue weighted by Crippen LogP contribution is 2.46. The SMILES string of the molecule is CC1CCC(C2CCC(c3ccc(C4CCC(C(F)(F)Oc5cc(F)c(F)c(F)c5)CC4)c(F)c3)CC2)CC1. The van der Waals surface area contributed by atoms with Crippen LogP contribution in [-0.4, -0.2) is 6.11 Å². The Morgan fingerprint density at radius 1 is 0.641 bits per heavy atom. The highest BCUT2D eigenvalue weighted by atomic mass is 19.3. The Kier molecular flexibility index (Phi) is 8.54. The van der Waals surface area contributed by atoms with Crippen LogP contribution in [0.2, 0.25) is 0 Å². The zero-order valence-electron chi connectivity index (χ0n) is 22.5. The Morgan fingerprint density at radius 3 is 1.74 bits per heavy atom. The number of hydrogen-bond acceptors (Lipinski definition) is 1. The summed E-state index contributed by atoms with van der Waals surface area (Å²) in [7, 11) is 0. The third-order valence-corrected chi connectivity index (χ3v) is 9.85. The minimum Gasteiger partial charge on any atom is -0.432 e. The summed E-state index contributed by atoms with van der Waals surface area (Å²) < 4.78 is 89.3. The second-order valence-electron chi connectivity index (χ2n) is 12.3. The smallest absolute Gasteiger partial charge is 0.400 e. The molecule has 3 aliphatic carbocycles. The molecule has 39 heavy (non-hydrogen) atoms. The molecule has 0 unspecified atom stereocenters. The Morgan fingerprint density at radius 2 is 1.18 bits per heavy atom. The summed E-state index contributed by atoms with van der Waals surface area (Å²) in [6.45, 7) is 2.35. The third-order valence-electron chi connectivity index (χ3n) is 9.85. The summed E-state index contributed by atoms with van der Waals surface area (Å²) >= 11 is 0. The highest BCUT2D eigenvalue weighted by molar-refractivity contribution is 5.30. The van der Waals surface area contributed by atoms with Crippen LogP contribution in [0.25, 0.3) is 0 Å². The van der Waals surface area contributed by atoms with Crippen molar-refractivity contribution in [3.63, 3.8) is 0 Å². The van der Waals surface area contributed by atoms with E-state index in [2.05, 4.69) is 11.7 Å². The molecule has 214 valence electrons. The van der Waals surface area contributed by atoms with E-state index in [0.29, 0.717) is 36.5 Å². The van der Waals surface area contributed by atoms with E-state index >= 15 is 4.39 Å². The van der Waals surface area contributed by atoms with Crippen molar-refractivity contribution in [1.82, 2.24) is 0 Å². The Hall–Kier alpha value is -2.18. The molecule has 5 rings (SSSR count). The summed E-state index contributed by atoms with van der Waals surface area (Å²) in [5, 5.41) is 0. The van der Waals surface area contributed by atoms with Gasteiger partial charge in [-0.3, -0.25) is 0 Å². The van der Waals surface area contributed by atoms with E-state index in [1.807, 2.05) is 12.1 Å². The van der Waals surface area contributed by atoms with Gasteiger partial charge in [-0.1, -0.05) is 31.9 Å². The molecule has 0 radical (unpaired) electrons. The van der Waals surface area contributed by atoms with Crippen LogP contribution >= 0.6 is 0 Å². The maximum absolute atomic E-state index is 15.2. The van der Waals surface area contributed by atoms with E-state index in [1.54, 1.807) is 6.07 Å². The first-order valence-corrected chi connectivity index (χ1v) is 14.6. The fourth-order valence-electron chi connectivity index (χ4n) is 7.38. The molecule has 0 saturated heterocycles. The van der Waals surface area contributed by atoms with Gasteiger partial charge in [0.25, 0.3) is 0 Å². The molecule has 2 aromatic rings. The van der Waals surface area contributed by atoms with Crippen molar-refractivity contribution >= 4 is 0 Å². The standard InChI is InChI=1S/C32H38F6O/c1-19-2-4-20(5-3-19)21-6-8-22(9-7-21)24-12-15-27(28(33)16-24)23-10-13-25(14-11-23)32(37,38)39-26-17-29(34)31(36)30(35)18-26/h12,15-23,25H,2-11,13-14H2,1H3. The number of benzene rings is 2. The van der Waals surface area contributed by atoms with E-state index < -0.39 is 35.2 Å². The molecule has 0 atom stereocenters. The first kappa shape index (κ1) is 28.4. The predicted octanol–water partition coefficient (Wildman–Crippen LogP) is 10.3. The van der Waals surface area contributed by atoms with Crippen molar-refractivity contribution in [3.05, 3.63) is 64.7 Å². The van der Waals surface area contributed by atoms with Crippen LogP contribution in [0.1, 0.15) is 107 Å². The molecule has 0 heterocycles. The Bertz CT molecular complexity index is 1100. The summed E-state index contributed by atoms with van der Waals surface area (Å²) in [4.78, 5) is 0. The number of rotatable bonds is 6. The van der Waals surface area contributed by atoms with Crippen molar-refractivity contribution in [2.75, 3.05) is 0 Å². The average molecular weight is 553 g/mol. The van der Waals surface area contributed by atoms with Crippen LogP contribution in [0.3, 0.4) is 0 Å². The molecule has 2 aromatic carbocycles. The molecule has 0 amide bonds. The molecule has 1 nitrogen and oxygen atoms in total. The van der Waals surface area contributed by atoms with E-state index in [4.69, 9.17) is 0 Å². The molecule has 0 N–H and O–H groups in total. The molecule has 0 aromatic heterocycles. The van der Waals surface area contributed by atoms with Gasteiger partial charge in [0, 0.05) is 12.1 Å². The zero-order chi connectivity index (χ0) is 27.7. The summed E-state index contributed by atoms with van der Waals surface area (Å²) in [6, 6.07) is 6.34. The number of alkyl halides is 2. The van der Waals surface area contributed by atoms with Gasteiger partial charge in [0.2, 0.25) is 0 Å². The summed E-state index contributed by atoms with van der Waals surface area (Å²) in [6.07, 6.45) is 7.20. The maximum atomic E-state index is 15.2. The highest BCUT2D eigenvalue weighted by Gasteiger charge is 2.44. The van der Waals surface area contributed by atoms with Gasteiger partial charge >= 0.3 is 6.11 Å². The van der Waals surface area contributed by atoms with Crippen molar-refractivity contribution in [1.29, 1.82) is 0 Å². The third kappa shape index (κ3) is 6.43. The minimum atomic E-state index is -3.68. The number of hydrogen-bond donors (Lipinski definition) is 0. The average Bonchev–Trinajstić information content (AvgIpc) is 2.92. The van der Waals surface area contributed by atoms with Gasteiger partial charge in [-0.15, -0.1) is 0 Å². The molecule has 3 fully saturated rings. The summed E-state index contributed by atoms with van der Waals surface area (Å²) in [5.74, 6) is -4.40. The first-order valence-electron chi connectivity index (χ1n) is 14.6. The monoisotopic (exact) mass is 552 g/mol. The fraction of sp³-hybridized carbons (Fsp3) is 0.625. The second-order valence-corrected chi connectivity index (χ2v) is 12.3.